The summed E-state index contributed by atoms with van der Waals surface area (Å²) in [5.74, 6) is 7.62. The molecule has 0 amide bonds. The summed E-state index contributed by atoms with van der Waals surface area (Å²) in [7, 11) is 0. The van der Waals surface area contributed by atoms with Crippen LogP contribution >= 0.6 is 11.3 Å². The minimum absolute atomic E-state index is 0. The Morgan fingerprint density at radius 2 is 1.53 bits per heavy atom. The summed E-state index contributed by atoms with van der Waals surface area (Å²) in [5.41, 5.74) is 10.7. The maximum Gasteiger partial charge on any atom is 0 e. The average molecular weight is 870 g/mol. The van der Waals surface area contributed by atoms with E-state index in [0.717, 1.165) is 22.5 Å². The van der Waals surface area contributed by atoms with Gasteiger partial charge >= 0.3 is 99.8 Å². The van der Waals surface area contributed by atoms with Gasteiger partial charge in [-0.25, -0.2) is 0 Å². The predicted molar refractivity (Wildman–Crippen MR) is 202 cm³/mol. The van der Waals surface area contributed by atoms with E-state index >= 15 is 0 Å². The maximum atomic E-state index is 4.69. The average Bonchev–Trinajstić information content (AvgIpc) is 3.44. The van der Waals surface area contributed by atoms with Crippen molar-refractivity contribution in [2.24, 2.45) is 0 Å². The molecule has 0 saturated heterocycles. The van der Waals surface area contributed by atoms with Gasteiger partial charge in [-0.2, -0.15) is 11.3 Å². The Balaban J connectivity index is 0.000000217. The third-order valence-corrected chi connectivity index (χ3v) is 13.8. The number of fused-ring (bicyclic) bond motifs is 3. The van der Waals surface area contributed by atoms with E-state index in [0.29, 0.717) is 5.92 Å². The van der Waals surface area contributed by atoms with Gasteiger partial charge in [0.25, 0.3) is 0 Å². The van der Waals surface area contributed by atoms with Crippen LogP contribution < -0.4 is 4.40 Å². The van der Waals surface area contributed by atoms with Crippen molar-refractivity contribution in [2.75, 3.05) is 0 Å². The summed E-state index contributed by atoms with van der Waals surface area (Å²) >= 11 is 0.127. The number of hydrogen-bond acceptors (Lipinski definition) is 3. The molecule has 4 aromatic carbocycles. The van der Waals surface area contributed by atoms with E-state index in [1.807, 2.05) is 54.1 Å². The van der Waals surface area contributed by atoms with Gasteiger partial charge in [0, 0.05) is 31.0 Å². The molecule has 0 fully saturated rings. The van der Waals surface area contributed by atoms with Crippen LogP contribution in [0.5, 0.6) is 0 Å². The molecule has 7 aromatic rings. The number of aryl methyl sites for hydroxylation is 2. The monoisotopic (exact) mass is 871 g/mol. The third kappa shape index (κ3) is 7.84. The summed E-state index contributed by atoms with van der Waals surface area (Å²) in [6, 6.07) is 41.0. The van der Waals surface area contributed by atoms with E-state index in [1.165, 1.54) is 52.4 Å². The predicted octanol–water partition coefficient (Wildman–Crippen LogP) is 11.4. The van der Waals surface area contributed by atoms with Gasteiger partial charge in [0.05, 0.1) is 0 Å². The molecule has 3 heterocycles. The number of pyridine rings is 2. The Morgan fingerprint density at radius 3 is 2.19 bits per heavy atom. The number of hydrogen-bond donors (Lipinski definition) is 0. The van der Waals surface area contributed by atoms with Crippen molar-refractivity contribution >= 4 is 49.2 Å². The fourth-order valence-electron chi connectivity index (χ4n) is 5.84. The zero-order valence-corrected chi connectivity index (χ0v) is 33.4. The van der Waals surface area contributed by atoms with Crippen LogP contribution in [0.15, 0.2) is 109 Å². The van der Waals surface area contributed by atoms with Gasteiger partial charge < -0.3 is 4.98 Å². The molecule has 0 saturated carbocycles. The smallest absolute Gasteiger partial charge is 0 e. The molecule has 3 aromatic heterocycles. The molecule has 0 atom stereocenters. The first-order valence-corrected chi connectivity index (χ1v) is 24.1. The van der Waals surface area contributed by atoms with Gasteiger partial charge in [-0.05, 0) is 58.8 Å². The Labute approximate surface area is 300 Å². The van der Waals surface area contributed by atoms with Gasteiger partial charge in [0.1, 0.15) is 0 Å². The number of aromatic nitrogens is 2. The molecule has 0 bridgehead atoms. The molecule has 5 heteroatoms. The van der Waals surface area contributed by atoms with Crippen molar-refractivity contribution in [1.29, 1.82) is 0 Å². The molecule has 0 N–H and O–H groups in total. The number of nitrogens with zero attached hydrogens (tertiary/aromatic N) is 2. The van der Waals surface area contributed by atoms with Crippen molar-refractivity contribution in [3.05, 3.63) is 138 Å². The van der Waals surface area contributed by atoms with Gasteiger partial charge in [-0.1, -0.05) is 72.3 Å². The van der Waals surface area contributed by atoms with Gasteiger partial charge in [0.2, 0.25) is 0 Å². The van der Waals surface area contributed by atoms with E-state index in [2.05, 4.69) is 129 Å². The Kier molecular flexibility index (Phi) is 11.0. The van der Waals surface area contributed by atoms with Gasteiger partial charge in [-0.15, -0.1) is 23.8 Å². The maximum absolute atomic E-state index is 4.69. The zero-order valence-electron chi connectivity index (χ0n) is 28.1. The van der Waals surface area contributed by atoms with E-state index in [4.69, 9.17) is 4.98 Å². The second-order valence-corrected chi connectivity index (χ2v) is 25.0. The van der Waals surface area contributed by atoms with Crippen LogP contribution in [0.25, 0.3) is 53.8 Å². The van der Waals surface area contributed by atoms with E-state index in [-0.39, 0.29) is 20.1 Å². The first-order chi connectivity index (χ1) is 22.1. The van der Waals surface area contributed by atoms with Crippen LogP contribution in [0.3, 0.4) is 0 Å². The number of rotatable bonds is 5. The second-order valence-electron chi connectivity index (χ2n) is 13.3. The summed E-state index contributed by atoms with van der Waals surface area (Å²) in [6.45, 7) is 8.78. The Morgan fingerprint density at radius 1 is 0.745 bits per heavy atom. The minimum atomic E-state index is -1.72. The van der Waals surface area contributed by atoms with Crippen LogP contribution in [0.4, 0.5) is 0 Å². The van der Waals surface area contributed by atoms with Gasteiger partial charge in [0.15, 0.2) is 0 Å². The van der Waals surface area contributed by atoms with Crippen molar-refractivity contribution in [1.82, 2.24) is 9.97 Å². The second kappa shape index (κ2) is 14.8. The van der Waals surface area contributed by atoms with E-state index in [9.17, 15) is 0 Å². The topological polar surface area (TPSA) is 25.8 Å². The number of thiophene rings is 1. The quantitative estimate of drug-likeness (QED) is 0.127. The van der Waals surface area contributed by atoms with Crippen LogP contribution in [0.2, 0.25) is 17.3 Å². The van der Waals surface area contributed by atoms with Crippen molar-refractivity contribution in [3.8, 4) is 33.6 Å². The molecular formula is C42H40GeIrN2S-2. The van der Waals surface area contributed by atoms with Crippen LogP contribution in [-0.4, -0.2) is 23.2 Å². The fraction of sp³-hybridized carbons (Fsp3) is 0.190. The van der Waals surface area contributed by atoms with Crippen LogP contribution in [0.1, 0.15) is 36.5 Å². The first kappa shape index (κ1) is 34.9. The molecular weight excluding hydrogens is 829 g/mol. The number of benzene rings is 4. The molecule has 0 aliphatic rings. The van der Waals surface area contributed by atoms with Gasteiger partial charge in [-0.3, -0.25) is 0 Å². The molecule has 0 aliphatic heterocycles. The zero-order chi connectivity index (χ0) is 32.4. The fourth-order valence-corrected chi connectivity index (χ4v) is 9.25. The molecule has 2 nitrogen and oxygen atoms in total. The normalized spacial score (nSPS) is 11.3. The SMILES string of the molecule is Cc1cc(C)cc(-c2cccc3sc4c(-c5cc(C(C)C)ccn5)[c-]ccc4c23)c1.[CH3][Ge]([CH3])([CH3])[c]1ccc(-c2[c-]cccc2)nc1.[Ir]. The molecule has 0 aliphatic carbocycles. The largest absolute Gasteiger partial charge is 0 e. The van der Waals surface area contributed by atoms with Crippen molar-refractivity contribution < 1.29 is 20.1 Å². The molecule has 47 heavy (non-hydrogen) atoms. The third-order valence-electron chi connectivity index (χ3n) is 8.31. The molecule has 7 rings (SSSR count). The van der Waals surface area contributed by atoms with Crippen molar-refractivity contribution in [2.45, 2.75) is 50.9 Å². The van der Waals surface area contributed by atoms with Crippen LogP contribution in [-0.2, 0) is 20.1 Å². The first-order valence-electron chi connectivity index (χ1n) is 15.9. The molecule has 1 radical (unpaired) electrons. The molecule has 0 unspecified atom stereocenters. The standard InChI is InChI=1S/C28H24NS.C14H16GeN.Ir/c1-17(2)20-11-12-29-25(16-20)23-8-5-9-24-27-22(7-6-10-26(27)30-28(23)24)21-14-18(3)13-19(4)15-21;1-15(2,3)13-9-10-14(16-11-13)12-7-5-4-6-8-12;/h5-7,9-17H,1-4H3;4-7,9-11H,1-3H3;/q2*-1;. The summed E-state index contributed by atoms with van der Waals surface area (Å²) in [4.78, 5) is 9.22. The molecule has 0 spiro atoms. The minimum Gasteiger partial charge on any atom is 0 e. The Hall–Kier alpha value is -3.41. The summed E-state index contributed by atoms with van der Waals surface area (Å²) < 4.78 is 4.01. The molecule has 239 valence electrons. The van der Waals surface area contributed by atoms with Crippen molar-refractivity contribution in [3.63, 3.8) is 0 Å². The summed E-state index contributed by atoms with van der Waals surface area (Å²) in [5, 5.41) is 2.62. The van der Waals surface area contributed by atoms with Crippen LogP contribution in [0, 0.1) is 26.0 Å². The van der Waals surface area contributed by atoms with E-state index < -0.39 is 13.3 Å². The van der Waals surface area contributed by atoms with E-state index in [1.54, 1.807) is 0 Å². The summed E-state index contributed by atoms with van der Waals surface area (Å²) in [6.07, 6.45) is 3.96. The Bertz CT molecular complexity index is 2110.